The van der Waals surface area contributed by atoms with Gasteiger partial charge in [-0.05, 0) is 45.4 Å². The van der Waals surface area contributed by atoms with Crippen LogP contribution in [0.5, 0.6) is 0 Å². The van der Waals surface area contributed by atoms with E-state index in [0.717, 1.165) is 0 Å². The molecule has 136 valence electrons. The Morgan fingerprint density at radius 2 is 1.92 bits per heavy atom. The Kier molecular flexibility index (Phi) is 4.79. The lowest BCUT2D eigenvalue weighted by atomic mass is 10.1. The van der Waals surface area contributed by atoms with E-state index in [2.05, 4.69) is 9.97 Å². The van der Waals surface area contributed by atoms with Crippen molar-refractivity contribution in [2.45, 2.75) is 40.4 Å². The minimum absolute atomic E-state index is 0.100. The number of fused-ring (bicyclic) bond motifs is 1. The average molecular weight is 356 g/mol. The van der Waals surface area contributed by atoms with Gasteiger partial charge in [-0.3, -0.25) is 0 Å². The number of esters is 2. The largest absolute Gasteiger partial charge is 0.459 e. The van der Waals surface area contributed by atoms with E-state index in [1.807, 2.05) is 18.2 Å². The number of nitrogens with one attached hydrogen (secondary N) is 1. The van der Waals surface area contributed by atoms with E-state index in [9.17, 15) is 9.59 Å². The number of ether oxygens (including phenoxy) is 2. The molecule has 3 rings (SSSR count). The molecular formula is C19H20N2O5. The lowest BCUT2D eigenvalue weighted by Crippen LogP contribution is -2.13. The molecule has 0 amide bonds. The van der Waals surface area contributed by atoms with Gasteiger partial charge in [-0.2, -0.15) is 0 Å². The molecule has 0 saturated carbocycles. The summed E-state index contributed by atoms with van der Waals surface area (Å²) in [7, 11) is 0. The number of aryl methyl sites for hydroxylation is 1. The maximum absolute atomic E-state index is 12.4. The van der Waals surface area contributed by atoms with Crippen LogP contribution in [0.15, 0.2) is 28.7 Å². The summed E-state index contributed by atoms with van der Waals surface area (Å²) >= 11 is 0. The molecule has 26 heavy (non-hydrogen) atoms. The zero-order valence-corrected chi connectivity index (χ0v) is 15.1. The highest BCUT2D eigenvalue weighted by molar-refractivity contribution is 5.98. The van der Waals surface area contributed by atoms with Crippen LogP contribution in [0.3, 0.4) is 0 Å². The lowest BCUT2D eigenvalue weighted by molar-refractivity contribution is 0.0376. The SMILES string of the molecule is Cc1[nH]c(C(=O)OCc2nc3ccccc3o2)c(C)c1C(=O)OC(C)C. The molecule has 0 radical (unpaired) electrons. The van der Waals surface area contributed by atoms with Crippen molar-refractivity contribution in [3.05, 3.63) is 52.7 Å². The van der Waals surface area contributed by atoms with Crippen molar-refractivity contribution in [2.75, 3.05) is 0 Å². The van der Waals surface area contributed by atoms with Gasteiger partial charge in [0.25, 0.3) is 0 Å². The summed E-state index contributed by atoms with van der Waals surface area (Å²) in [6, 6.07) is 7.30. The van der Waals surface area contributed by atoms with Crippen molar-refractivity contribution >= 4 is 23.0 Å². The van der Waals surface area contributed by atoms with Crippen molar-refractivity contribution in [3.63, 3.8) is 0 Å². The normalized spacial score (nSPS) is 11.1. The molecule has 0 atom stereocenters. The summed E-state index contributed by atoms with van der Waals surface area (Å²) in [5.41, 5.74) is 2.95. The number of rotatable bonds is 5. The molecule has 1 N–H and O–H groups in total. The summed E-state index contributed by atoms with van der Waals surface area (Å²) in [5, 5.41) is 0. The second kappa shape index (κ2) is 7.03. The van der Waals surface area contributed by atoms with E-state index < -0.39 is 11.9 Å². The highest BCUT2D eigenvalue weighted by Crippen LogP contribution is 2.21. The van der Waals surface area contributed by atoms with Crippen LogP contribution in [0.4, 0.5) is 0 Å². The molecule has 0 bridgehead atoms. The van der Waals surface area contributed by atoms with Crippen LogP contribution in [0, 0.1) is 13.8 Å². The number of H-pyrrole nitrogens is 1. The van der Waals surface area contributed by atoms with Crippen LogP contribution >= 0.6 is 0 Å². The number of hydrogen-bond acceptors (Lipinski definition) is 6. The molecule has 2 aromatic heterocycles. The number of carbonyl (C=O) groups excluding carboxylic acids is 2. The van der Waals surface area contributed by atoms with Gasteiger partial charge in [-0.1, -0.05) is 12.1 Å². The van der Waals surface area contributed by atoms with E-state index in [0.29, 0.717) is 33.8 Å². The van der Waals surface area contributed by atoms with E-state index in [4.69, 9.17) is 13.9 Å². The maximum Gasteiger partial charge on any atom is 0.355 e. The Bertz CT molecular complexity index is 935. The molecule has 0 aliphatic rings. The zero-order valence-electron chi connectivity index (χ0n) is 15.1. The highest BCUT2D eigenvalue weighted by Gasteiger charge is 2.24. The molecular weight excluding hydrogens is 336 g/mol. The summed E-state index contributed by atoms with van der Waals surface area (Å²) in [6.07, 6.45) is -0.245. The Labute approximate surface area is 150 Å². The first-order chi connectivity index (χ1) is 12.4. The number of benzene rings is 1. The molecule has 7 heteroatoms. The van der Waals surface area contributed by atoms with Crippen molar-refractivity contribution in [1.29, 1.82) is 0 Å². The highest BCUT2D eigenvalue weighted by atomic mass is 16.5. The lowest BCUT2D eigenvalue weighted by Gasteiger charge is -2.08. The van der Waals surface area contributed by atoms with Crippen LogP contribution < -0.4 is 0 Å². The van der Waals surface area contributed by atoms with Gasteiger partial charge >= 0.3 is 11.9 Å². The number of carbonyl (C=O) groups is 2. The first-order valence-corrected chi connectivity index (χ1v) is 8.28. The fourth-order valence-corrected chi connectivity index (χ4v) is 2.71. The Hall–Kier alpha value is -3.09. The monoisotopic (exact) mass is 356 g/mol. The third kappa shape index (κ3) is 3.46. The van der Waals surface area contributed by atoms with Crippen molar-refractivity contribution in [1.82, 2.24) is 9.97 Å². The number of para-hydroxylation sites is 2. The van der Waals surface area contributed by atoms with Gasteiger partial charge in [0, 0.05) is 5.69 Å². The Morgan fingerprint density at radius 1 is 1.19 bits per heavy atom. The summed E-state index contributed by atoms with van der Waals surface area (Å²) < 4.78 is 16.0. The predicted molar refractivity (Wildman–Crippen MR) is 93.9 cm³/mol. The molecule has 0 unspecified atom stereocenters. The summed E-state index contributed by atoms with van der Waals surface area (Å²) in [5.74, 6) is -0.749. The van der Waals surface area contributed by atoms with E-state index in [1.165, 1.54) is 0 Å². The van der Waals surface area contributed by atoms with Crippen molar-refractivity contribution in [2.24, 2.45) is 0 Å². The number of hydrogen-bond donors (Lipinski definition) is 1. The first-order valence-electron chi connectivity index (χ1n) is 8.28. The Morgan fingerprint density at radius 3 is 2.62 bits per heavy atom. The molecule has 0 aliphatic heterocycles. The van der Waals surface area contributed by atoms with Crippen molar-refractivity contribution < 1.29 is 23.5 Å². The molecule has 0 fully saturated rings. The van der Waals surface area contributed by atoms with E-state index in [-0.39, 0.29) is 18.4 Å². The van der Waals surface area contributed by atoms with Crippen LogP contribution in [0.25, 0.3) is 11.1 Å². The molecule has 2 heterocycles. The molecule has 0 saturated heterocycles. The molecule has 1 aromatic carbocycles. The smallest absolute Gasteiger partial charge is 0.355 e. The minimum atomic E-state index is -0.587. The fraction of sp³-hybridized carbons (Fsp3) is 0.316. The standard InChI is InChI=1S/C19H20N2O5/c1-10(2)25-18(22)16-11(3)17(20-12(16)4)19(23)24-9-15-21-13-7-5-6-8-14(13)26-15/h5-8,10,20H,9H2,1-4H3. The Balaban J connectivity index is 1.74. The van der Waals surface area contributed by atoms with Gasteiger partial charge in [0.15, 0.2) is 12.2 Å². The van der Waals surface area contributed by atoms with Gasteiger partial charge in [0.1, 0.15) is 11.2 Å². The molecule has 7 nitrogen and oxygen atoms in total. The number of oxazole rings is 1. The molecule has 0 aliphatic carbocycles. The van der Waals surface area contributed by atoms with Gasteiger partial charge in [0.05, 0.1) is 11.7 Å². The van der Waals surface area contributed by atoms with Crippen molar-refractivity contribution in [3.8, 4) is 0 Å². The topological polar surface area (TPSA) is 94.4 Å². The van der Waals surface area contributed by atoms with E-state index in [1.54, 1.807) is 33.8 Å². The zero-order chi connectivity index (χ0) is 18.8. The summed E-state index contributed by atoms with van der Waals surface area (Å²) in [6.45, 7) is 6.82. The van der Waals surface area contributed by atoms with Gasteiger partial charge < -0.3 is 18.9 Å². The average Bonchev–Trinajstić information content (AvgIpc) is 3.12. The number of aromatic nitrogens is 2. The fourth-order valence-electron chi connectivity index (χ4n) is 2.71. The predicted octanol–water partition coefficient (Wildman–Crippen LogP) is 3.69. The summed E-state index contributed by atoms with van der Waals surface area (Å²) in [4.78, 5) is 31.7. The van der Waals surface area contributed by atoms with E-state index >= 15 is 0 Å². The van der Waals surface area contributed by atoms with Gasteiger partial charge in [0.2, 0.25) is 5.89 Å². The second-order valence-electron chi connectivity index (χ2n) is 6.23. The molecule has 0 spiro atoms. The first kappa shape index (κ1) is 17.7. The number of aromatic amines is 1. The van der Waals surface area contributed by atoms with Gasteiger partial charge in [-0.25, -0.2) is 14.6 Å². The van der Waals surface area contributed by atoms with Gasteiger partial charge in [-0.15, -0.1) is 0 Å². The maximum atomic E-state index is 12.4. The molecule has 3 aromatic rings. The van der Waals surface area contributed by atoms with Crippen LogP contribution in [-0.4, -0.2) is 28.0 Å². The third-order valence-electron chi connectivity index (χ3n) is 3.85. The number of nitrogens with zero attached hydrogens (tertiary/aromatic N) is 1. The van der Waals surface area contributed by atoms with Crippen LogP contribution in [-0.2, 0) is 16.1 Å². The minimum Gasteiger partial charge on any atom is -0.459 e. The van der Waals surface area contributed by atoms with Crippen LogP contribution in [0.1, 0.15) is 51.8 Å². The third-order valence-corrected chi connectivity index (χ3v) is 3.85. The quantitative estimate of drug-likeness (QED) is 0.701. The van der Waals surface area contributed by atoms with Crippen LogP contribution in [0.2, 0.25) is 0 Å². The second-order valence-corrected chi connectivity index (χ2v) is 6.23.